The van der Waals surface area contributed by atoms with E-state index in [2.05, 4.69) is 28.9 Å². The number of unbranched alkanes of at least 4 members (excludes halogenated alkanes) is 4. The molecule has 0 amide bonds. The summed E-state index contributed by atoms with van der Waals surface area (Å²) in [4.78, 5) is 0. The highest BCUT2D eigenvalue weighted by Gasteiger charge is 2.10. The molecule has 0 aliphatic rings. The second kappa shape index (κ2) is 6.25. The Labute approximate surface area is 111 Å². The van der Waals surface area contributed by atoms with Crippen LogP contribution in [0.3, 0.4) is 0 Å². The Bertz CT molecular complexity index is 473. The number of rotatable bonds is 6. The van der Waals surface area contributed by atoms with E-state index in [1.54, 1.807) is 0 Å². The minimum Gasteiger partial charge on any atom is -0.460 e. The minimum atomic E-state index is 0.989. The molecule has 0 aliphatic heterocycles. The summed E-state index contributed by atoms with van der Waals surface area (Å²) in [5.74, 6) is 1.10. The standard InChI is InChI=1S/C15H19BrO/c1-2-3-4-5-6-11-14-15(16)12-9-7-8-10-13(12)17-14/h7-10H,2-6,11H2,1H3. The predicted octanol–water partition coefficient (Wildman–Crippen LogP) is 5.71. The molecule has 0 atom stereocenters. The highest BCUT2D eigenvalue weighted by Crippen LogP contribution is 2.31. The van der Waals surface area contributed by atoms with E-state index in [1.165, 1.54) is 37.5 Å². The number of fused-ring (bicyclic) bond motifs is 1. The van der Waals surface area contributed by atoms with Gasteiger partial charge in [-0.05, 0) is 34.5 Å². The van der Waals surface area contributed by atoms with Crippen molar-refractivity contribution in [3.63, 3.8) is 0 Å². The van der Waals surface area contributed by atoms with Crippen molar-refractivity contribution in [2.75, 3.05) is 0 Å². The molecular weight excluding hydrogens is 276 g/mol. The van der Waals surface area contributed by atoms with E-state index < -0.39 is 0 Å². The molecule has 0 spiro atoms. The van der Waals surface area contributed by atoms with E-state index in [4.69, 9.17) is 4.42 Å². The summed E-state index contributed by atoms with van der Waals surface area (Å²) in [7, 11) is 0. The quantitative estimate of drug-likeness (QED) is 0.622. The van der Waals surface area contributed by atoms with Crippen molar-refractivity contribution in [2.24, 2.45) is 0 Å². The molecule has 0 N–H and O–H groups in total. The lowest BCUT2D eigenvalue weighted by atomic mass is 10.1. The highest BCUT2D eigenvalue weighted by molar-refractivity contribution is 9.10. The average Bonchev–Trinajstić information content (AvgIpc) is 2.67. The van der Waals surface area contributed by atoms with E-state index in [0.29, 0.717) is 0 Å². The number of benzene rings is 1. The molecule has 0 aliphatic carbocycles. The lowest BCUT2D eigenvalue weighted by molar-refractivity contribution is 0.521. The first-order chi connectivity index (χ1) is 8.33. The van der Waals surface area contributed by atoms with Crippen LogP contribution in [0.4, 0.5) is 0 Å². The van der Waals surface area contributed by atoms with Crippen molar-refractivity contribution < 1.29 is 4.42 Å². The molecule has 1 nitrogen and oxygen atoms in total. The second-order valence-electron chi connectivity index (χ2n) is 4.50. The molecule has 0 radical (unpaired) electrons. The summed E-state index contributed by atoms with van der Waals surface area (Å²) >= 11 is 3.64. The van der Waals surface area contributed by atoms with Crippen molar-refractivity contribution >= 4 is 26.9 Å². The normalized spacial score (nSPS) is 11.2. The summed E-state index contributed by atoms with van der Waals surface area (Å²) in [6.45, 7) is 2.25. The maximum Gasteiger partial charge on any atom is 0.135 e. The van der Waals surface area contributed by atoms with E-state index in [0.717, 1.165) is 22.2 Å². The Balaban J connectivity index is 1.97. The molecule has 0 unspecified atom stereocenters. The number of furan rings is 1. The molecule has 1 aromatic carbocycles. The van der Waals surface area contributed by atoms with Crippen LogP contribution in [0.15, 0.2) is 33.2 Å². The van der Waals surface area contributed by atoms with E-state index in [-0.39, 0.29) is 0 Å². The Hall–Kier alpha value is -0.760. The van der Waals surface area contributed by atoms with Gasteiger partial charge >= 0.3 is 0 Å². The molecule has 17 heavy (non-hydrogen) atoms. The monoisotopic (exact) mass is 294 g/mol. The third-order valence-corrected chi connectivity index (χ3v) is 3.98. The molecular formula is C15H19BrO. The largest absolute Gasteiger partial charge is 0.460 e. The van der Waals surface area contributed by atoms with Crippen LogP contribution in [0.25, 0.3) is 11.0 Å². The van der Waals surface area contributed by atoms with Crippen LogP contribution in [0, 0.1) is 0 Å². The third-order valence-electron chi connectivity index (χ3n) is 3.11. The van der Waals surface area contributed by atoms with Crippen LogP contribution >= 0.6 is 15.9 Å². The Kier molecular flexibility index (Phi) is 4.66. The number of para-hydroxylation sites is 1. The highest BCUT2D eigenvalue weighted by atomic mass is 79.9. The van der Waals surface area contributed by atoms with Crippen LogP contribution in [-0.2, 0) is 6.42 Å². The van der Waals surface area contributed by atoms with Gasteiger partial charge in [0.1, 0.15) is 11.3 Å². The van der Waals surface area contributed by atoms with Gasteiger partial charge in [-0.1, -0.05) is 44.7 Å². The molecule has 2 heteroatoms. The smallest absolute Gasteiger partial charge is 0.135 e. The molecule has 1 heterocycles. The van der Waals surface area contributed by atoms with Crippen molar-refractivity contribution in [3.05, 3.63) is 34.5 Å². The fourth-order valence-electron chi connectivity index (χ4n) is 2.11. The molecule has 1 aromatic heterocycles. The van der Waals surface area contributed by atoms with E-state index >= 15 is 0 Å². The van der Waals surface area contributed by atoms with Gasteiger partial charge in [-0.3, -0.25) is 0 Å². The lowest BCUT2D eigenvalue weighted by Crippen LogP contribution is -1.84. The second-order valence-corrected chi connectivity index (χ2v) is 5.29. The van der Waals surface area contributed by atoms with Gasteiger partial charge in [-0.2, -0.15) is 0 Å². The minimum absolute atomic E-state index is 0.989. The summed E-state index contributed by atoms with van der Waals surface area (Å²) in [6.07, 6.45) is 7.55. The first kappa shape index (κ1) is 12.7. The number of hydrogen-bond acceptors (Lipinski definition) is 1. The number of aryl methyl sites for hydroxylation is 1. The van der Waals surface area contributed by atoms with Gasteiger partial charge in [0.15, 0.2) is 0 Å². The molecule has 92 valence electrons. The summed E-state index contributed by atoms with van der Waals surface area (Å²) < 4.78 is 7.00. The van der Waals surface area contributed by atoms with Crippen LogP contribution in [0.5, 0.6) is 0 Å². The molecule has 0 saturated carbocycles. The lowest BCUT2D eigenvalue weighted by Gasteiger charge is -1.98. The van der Waals surface area contributed by atoms with E-state index in [9.17, 15) is 0 Å². The Morgan fingerprint density at radius 2 is 1.82 bits per heavy atom. The van der Waals surface area contributed by atoms with Gasteiger partial charge < -0.3 is 4.42 Å². The Morgan fingerprint density at radius 3 is 2.59 bits per heavy atom. The third kappa shape index (κ3) is 3.12. The van der Waals surface area contributed by atoms with Crippen LogP contribution in [0.2, 0.25) is 0 Å². The summed E-state index contributed by atoms with van der Waals surface area (Å²) in [5, 5.41) is 1.19. The molecule has 2 rings (SSSR count). The first-order valence-electron chi connectivity index (χ1n) is 6.49. The van der Waals surface area contributed by atoms with Gasteiger partial charge in [-0.15, -0.1) is 0 Å². The van der Waals surface area contributed by atoms with E-state index in [1.807, 2.05) is 18.2 Å². The van der Waals surface area contributed by atoms with Gasteiger partial charge in [0.2, 0.25) is 0 Å². The van der Waals surface area contributed by atoms with Crippen LogP contribution in [0.1, 0.15) is 44.8 Å². The zero-order valence-corrected chi connectivity index (χ0v) is 11.9. The zero-order valence-electron chi connectivity index (χ0n) is 10.3. The summed E-state index contributed by atoms with van der Waals surface area (Å²) in [5.41, 5.74) is 0.989. The van der Waals surface area contributed by atoms with Crippen molar-refractivity contribution in [1.82, 2.24) is 0 Å². The van der Waals surface area contributed by atoms with Crippen LogP contribution in [-0.4, -0.2) is 0 Å². The molecule has 0 fully saturated rings. The topological polar surface area (TPSA) is 13.1 Å². The van der Waals surface area contributed by atoms with Gasteiger partial charge in [0.05, 0.1) is 4.47 Å². The molecule has 0 saturated heterocycles. The van der Waals surface area contributed by atoms with Crippen molar-refractivity contribution in [1.29, 1.82) is 0 Å². The number of hydrogen-bond donors (Lipinski definition) is 0. The van der Waals surface area contributed by atoms with Crippen LogP contribution < -0.4 is 0 Å². The first-order valence-corrected chi connectivity index (χ1v) is 7.28. The average molecular weight is 295 g/mol. The van der Waals surface area contributed by atoms with Gasteiger partial charge in [0, 0.05) is 11.8 Å². The number of halogens is 1. The maximum absolute atomic E-state index is 5.86. The summed E-state index contributed by atoms with van der Waals surface area (Å²) in [6, 6.07) is 8.20. The zero-order chi connectivity index (χ0) is 12.1. The fourth-order valence-corrected chi connectivity index (χ4v) is 2.72. The van der Waals surface area contributed by atoms with Crippen molar-refractivity contribution in [2.45, 2.75) is 45.4 Å². The van der Waals surface area contributed by atoms with Gasteiger partial charge in [0.25, 0.3) is 0 Å². The van der Waals surface area contributed by atoms with Gasteiger partial charge in [-0.25, -0.2) is 0 Å². The van der Waals surface area contributed by atoms with Crippen molar-refractivity contribution in [3.8, 4) is 0 Å². The fraction of sp³-hybridized carbons (Fsp3) is 0.467. The SMILES string of the molecule is CCCCCCCc1oc2ccccc2c1Br. The predicted molar refractivity (Wildman–Crippen MR) is 76.4 cm³/mol. The molecule has 0 bridgehead atoms. The maximum atomic E-state index is 5.86. The Morgan fingerprint density at radius 1 is 1.06 bits per heavy atom. The molecule has 2 aromatic rings.